The first kappa shape index (κ1) is 12.8. The molecular weight excluding hydrogens is 208 g/mol. The van der Waals surface area contributed by atoms with Gasteiger partial charge in [0.05, 0.1) is 6.04 Å². The molecule has 0 aromatic rings. The Morgan fingerprint density at radius 1 is 1.60 bits per heavy atom. The number of likely N-dealkylation sites (tertiary alicyclic amines) is 1. The minimum Gasteiger partial charge on any atom is -0.340 e. The summed E-state index contributed by atoms with van der Waals surface area (Å²) < 4.78 is 0. The number of carbonyl (C=O) groups is 1. The summed E-state index contributed by atoms with van der Waals surface area (Å²) in [5.74, 6) is 1.24. The number of nitrogens with zero attached hydrogens (tertiary/aromatic N) is 1. The Morgan fingerprint density at radius 3 is 2.93 bits per heavy atom. The van der Waals surface area contributed by atoms with E-state index >= 15 is 0 Å². The molecule has 0 bridgehead atoms. The highest BCUT2D eigenvalue weighted by atomic mass is 32.2. The van der Waals surface area contributed by atoms with Gasteiger partial charge in [0.25, 0.3) is 0 Å². The number of thioether (sulfide) groups is 1. The van der Waals surface area contributed by atoms with Crippen LogP contribution in [0, 0.1) is 0 Å². The summed E-state index contributed by atoms with van der Waals surface area (Å²) in [6.07, 6.45) is 3.60. The molecule has 4 heteroatoms. The van der Waals surface area contributed by atoms with Gasteiger partial charge in [-0.2, -0.15) is 11.8 Å². The van der Waals surface area contributed by atoms with Gasteiger partial charge >= 0.3 is 0 Å². The minimum atomic E-state index is -0.352. The standard InChI is InChI=1S/C11H22N2OS/c1-3-15-10-6-4-5-7-13(8-10)11(14)9(2)12/h9-10H,3-8,12H2,1-2H3/t9-,10?/m0/s1. The molecule has 1 aliphatic rings. The van der Waals surface area contributed by atoms with Crippen molar-refractivity contribution in [3.8, 4) is 0 Å². The average molecular weight is 230 g/mol. The Balaban J connectivity index is 2.52. The van der Waals surface area contributed by atoms with Gasteiger partial charge in [-0.3, -0.25) is 4.79 Å². The molecular formula is C11H22N2OS. The number of carbonyl (C=O) groups excluding carboxylic acids is 1. The van der Waals surface area contributed by atoms with E-state index in [0.717, 1.165) is 25.3 Å². The normalized spacial score (nSPS) is 24.7. The number of amides is 1. The van der Waals surface area contributed by atoms with Gasteiger partial charge in [-0.1, -0.05) is 13.3 Å². The highest BCUT2D eigenvalue weighted by Crippen LogP contribution is 2.22. The quantitative estimate of drug-likeness (QED) is 0.798. The highest BCUT2D eigenvalue weighted by Gasteiger charge is 2.23. The lowest BCUT2D eigenvalue weighted by Gasteiger charge is -2.25. The Bertz CT molecular complexity index is 209. The molecule has 1 saturated heterocycles. The monoisotopic (exact) mass is 230 g/mol. The van der Waals surface area contributed by atoms with Crippen LogP contribution in [0.1, 0.15) is 33.1 Å². The molecule has 88 valence electrons. The summed E-state index contributed by atoms with van der Waals surface area (Å²) in [6.45, 7) is 5.72. The SMILES string of the molecule is CCSC1CCCCN(C(=O)[C@H](C)N)C1. The van der Waals surface area contributed by atoms with Crippen LogP contribution in [0.25, 0.3) is 0 Å². The van der Waals surface area contributed by atoms with Gasteiger partial charge < -0.3 is 10.6 Å². The summed E-state index contributed by atoms with van der Waals surface area (Å²) >= 11 is 1.96. The van der Waals surface area contributed by atoms with Gasteiger partial charge in [0, 0.05) is 18.3 Å². The van der Waals surface area contributed by atoms with Crippen LogP contribution in [0.5, 0.6) is 0 Å². The molecule has 2 atom stereocenters. The van der Waals surface area contributed by atoms with Crippen molar-refractivity contribution in [2.45, 2.75) is 44.4 Å². The molecule has 0 spiro atoms. The molecule has 2 N–H and O–H groups in total. The Hall–Kier alpha value is -0.220. The molecule has 0 aromatic heterocycles. The zero-order valence-electron chi connectivity index (χ0n) is 9.74. The van der Waals surface area contributed by atoms with Gasteiger partial charge in [-0.15, -0.1) is 0 Å². The summed E-state index contributed by atoms with van der Waals surface area (Å²) in [4.78, 5) is 13.7. The van der Waals surface area contributed by atoms with Gasteiger partial charge in [-0.05, 0) is 25.5 Å². The summed E-state index contributed by atoms with van der Waals surface area (Å²) in [6, 6.07) is -0.352. The maximum absolute atomic E-state index is 11.8. The lowest BCUT2D eigenvalue weighted by Crippen LogP contribution is -2.44. The Labute approximate surface area is 96.8 Å². The molecule has 15 heavy (non-hydrogen) atoms. The number of rotatable bonds is 3. The number of hydrogen-bond donors (Lipinski definition) is 1. The maximum atomic E-state index is 11.8. The first-order valence-electron chi connectivity index (χ1n) is 5.81. The fourth-order valence-electron chi connectivity index (χ4n) is 1.96. The van der Waals surface area contributed by atoms with E-state index in [2.05, 4.69) is 6.92 Å². The Morgan fingerprint density at radius 2 is 2.33 bits per heavy atom. The van der Waals surface area contributed by atoms with Crippen LogP contribution >= 0.6 is 11.8 Å². The predicted octanol–water partition coefficient (Wildman–Crippen LogP) is 1.47. The smallest absolute Gasteiger partial charge is 0.239 e. The molecule has 0 saturated carbocycles. The van der Waals surface area contributed by atoms with E-state index in [1.165, 1.54) is 12.8 Å². The van der Waals surface area contributed by atoms with Crippen molar-refractivity contribution in [2.75, 3.05) is 18.8 Å². The van der Waals surface area contributed by atoms with Crippen molar-refractivity contribution < 1.29 is 4.79 Å². The van der Waals surface area contributed by atoms with Crippen LogP contribution in [0.4, 0.5) is 0 Å². The summed E-state index contributed by atoms with van der Waals surface area (Å²) in [7, 11) is 0. The van der Waals surface area contributed by atoms with E-state index in [0.29, 0.717) is 5.25 Å². The van der Waals surface area contributed by atoms with Gasteiger partial charge in [-0.25, -0.2) is 0 Å². The van der Waals surface area contributed by atoms with Crippen molar-refractivity contribution >= 4 is 17.7 Å². The van der Waals surface area contributed by atoms with Crippen molar-refractivity contribution in [1.82, 2.24) is 4.90 Å². The molecule has 1 amide bonds. The zero-order chi connectivity index (χ0) is 11.3. The van der Waals surface area contributed by atoms with Crippen molar-refractivity contribution in [2.24, 2.45) is 5.73 Å². The molecule has 1 fully saturated rings. The van der Waals surface area contributed by atoms with Crippen LogP contribution in [-0.4, -0.2) is 40.9 Å². The number of hydrogen-bond acceptors (Lipinski definition) is 3. The fourth-order valence-corrected chi connectivity index (χ4v) is 3.05. The summed E-state index contributed by atoms with van der Waals surface area (Å²) in [5, 5.41) is 0.611. The van der Waals surface area contributed by atoms with Crippen LogP contribution in [0.2, 0.25) is 0 Å². The predicted molar refractivity (Wildman–Crippen MR) is 66.0 cm³/mol. The van der Waals surface area contributed by atoms with Gasteiger partial charge in [0.15, 0.2) is 0 Å². The van der Waals surface area contributed by atoms with Crippen molar-refractivity contribution in [3.63, 3.8) is 0 Å². The van der Waals surface area contributed by atoms with Crippen molar-refractivity contribution in [1.29, 1.82) is 0 Å². The summed E-state index contributed by atoms with van der Waals surface area (Å²) in [5.41, 5.74) is 5.64. The molecule has 0 aromatic carbocycles. The maximum Gasteiger partial charge on any atom is 0.239 e. The highest BCUT2D eigenvalue weighted by molar-refractivity contribution is 7.99. The molecule has 0 radical (unpaired) electrons. The third kappa shape index (κ3) is 4.03. The van der Waals surface area contributed by atoms with E-state index in [9.17, 15) is 4.79 Å². The molecule has 1 heterocycles. The van der Waals surface area contributed by atoms with Crippen LogP contribution in [0.3, 0.4) is 0 Å². The number of nitrogens with two attached hydrogens (primary N) is 1. The molecule has 1 aliphatic heterocycles. The largest absolute Gasteiger partial charge is 0.340 e. The van der Waals surface area contributed by atoms with E-state index in [4.69, 9.17) is 5.73 Å². The molecule has 0 aliphatic carbocycles. The second-order valence-corrected chi connectivity index (χ2v) is 5.72. The molecule has 1 rings (SSSR count). The van der Waals surface area contributed by atoms with E-state index < -0.39 is 0 Å². The van der Waals surface area contributed by atoms with Crippen LogP contribution in [-0.2, 0) is 4.79 Å². The van der Waals surface area contributed by atoms with Crippen LogP contribution in [0.15, 0.2) is 0 Å². The average Bonchev–Trinajstić information content (AvgIpc) is 2.42. The van der Waals surface area contributed by atoms with E-state index in [1.807, 2.05) is 16.7 Å². The second kappa shape index (κ2) is 6.38. The zero-order valence-corrected chi connectivity index (χ0v) is 10.6. The van der Waals surface area contributed by atoms with Crippen molar-refractivity contribution in [3.05, 3.63) is 0 Å². The fraction of sp³-hybridized carbons (Fsp3) is 0.909. The van der Waals surface area contributed by atoms with Gasteiger partial charge in [0.1, 0.15) is 0 Å². The van der Waals surface area contributed by atoms with Gasteiger partial charge in [0.2, 0.25) is 5.91 Å². The Kier molecular flexibility index (Phi) is 5.47. The lowest BCUT2D eigenvalue weighted by atomic mass is 10.2. The first-order chi connectivity index (χ1) is 7.15. The molecule has 3 nitrogen and oxygen atoms in total. The first-order valence-corrected chi connectivity index (χ1v) is 6.86. The topological polar surface area (TPSA) is 46.3 Å². The third-order valence-electron chi connectivity index (χ3n) is 2.73. The lowest BCUT2D eigenvalue weighted by molar-refractivity contribution is -0.132. The second-order valence-electron chi connectivity index (χ2n) is 4.15. The van der Waals surface area contributed by atoms with E-state index in [1.54, 1.807) is 6.92 Å². The minimum absolute atomic E-state index is 0.110. The van der Waals surface area contributed by atoms with Crippen LogP contribution < -0.4 is 5.73 Å². The molecule has 1 unspecified atom stereocenters. The van der Waals surface area contributed by atoms with E-state index in [-0.39, 0.29) is 11.9 Å². The third-order valence-corrected chi connectivity index (χ3v) is 3.92.